The van der Waals surface area contributed by atoms with Crippen LogP contribution in [0.25, 0.3) is 0 Å². The summed E-state index contributed by atoms with van der Waals surface area (Å²) >= 11 is 1.81. The lowest BCUT2D eigenvalue weighted by atomic mass is 9.95. The van der Waals surface area contributed by atoms with Crippen LogP contribution < -0.4 is 5.32 Å². The van der Waals surface area contributed by atoms with Crippen LogP contribution in [0.4, 0.5) is 0 Å². The Labute approximate surface area is 122 Å². The van der Waals surface area contributed by atoms with E-state index in [2.05, 4.69) is 47.8 Å². The molecule has 1 aliphatic heterocycles. The van der Waals surface area contributed by atoms with Crippen LogP contribution in [0.3, 0.4) is 0 Å². The average molecular weight is 280 g/mol. The summed E-state index contributed by atoms with van der Waals surface area (Å²) in [6.07, 6.45) is 3.92. The van der Waals surface area contributed by atoms with Crippen molar-refractivity contribution in [2.75, 3.05) is 26.2 Å². The zero-order valence-corrected chi connectivity index (χ0v) is 13.4. The number of hydrogen-bond acceptors (Lipinski definition) is 3. The molecule has 0 saturated carbocycles. The molecule has 0 unspecified atom stereocenters. The van der Waals surface area contributed by atoms with Crippen molar-refractivity contribution in [1.29, 1.82) is 0 Å². The van der Waals surface area contributed by atoms with Gasteiger partial charge in [-0.1, -0.05) is 0 Å². The Bertz CT molecular complexity index is 345. The van der Waals surface area contributed by atoms with Crippen LogP contribution in [-0.4, -0.2) is 36.6 Å². The Balaban J connectivity index is 1.62. The maximum Gasteiger partial charge on any atom is 0.00966 e. The van der Waals surface area contributed by atoms with Crippen molar-refractivity contribution in [3.8, 4) is 0 Å². The van der Waals surface area contributed by atoms with Crippen LogP contribution in [0.15, 0.2) is 16.8 Å². The molecule has 0 amide bonds. The topological polar surface area (TPSA) is 15.3 Å². The normalized spacial score (nSPS) is 18.9. The van der Waals surface area contributed by atoms with Gasteiger partial charge in [0.05, 0.1) is 0 Å². The van der Waals surface area contributed by atoms with Crippen molar-refractivity contribution in [2.45, 2.75) is 45.6 Å². The molecule has 1 aromatic rings. The molecule has 0 aromatic carbocycles. The number of rotatable bonds is 5. The van der Waals surface area contributed by atoms with Gasteiger partial charge in [-0.15, -0.1) is 0 Å². The molecule has 0 spiro atoms. The Hall–Kier alpha value is -0.380. The van der Waals surface area contributed by atoms with E-state index in [1.165, 1.54) is 51.0 Å². The molecule has 0 atom stereocenters. The predicted molar refractivity (Wildman–Crippen MR) is 84.9 cm³/mol. The molecule has 0 radical (unpaired) electrons. The van der Waals surface area contributed by atoms with E-state index in [1.807, 2.05) is 11.3 Å². The summed E-state index contributed by atoms with van der Waals surface area (Å²) in [5, 5.41) is 8.10. The molecule has 1 aliphatic rings. The number of nitrogens with one attached hydrogen (secondary N) is 1. The van der Waals surface area contributed by atoms with Gasteiger partial charge in [0.1, 0.15) is 0 Å². The molecule has 19 heavy (non-hydrogen) atoms. The number of thiophene rings is 1. The summed E-state index contributed by atoms with van der Waals surface area (Å²) in [4.78, 5) is 2.63. The summed E-state index contributed by atoms with van der Waals surface area (Å²) < 4.78 is 0. The smallest absolute Gasteiger partial charge is 0.00966 e. The van der Waals surface area contributed by atoms with E-state index >= 15 is 0 Å². The second-order valence-electron chi connectivity index (χ2n) is 6.80. The van der Waals surface area contributed by atoms with Crippen molar-refractivity contribution in [3.63, 3.8) is 0 Å². The Morgan fingerprint density at radius 1 is 1.32 bits per heavy atom. The first-order valence-electron chi connectivity index (χ1n) is 7.51. The van der Waals surface area contributed by atoms with Crippen molar-refractivity contribution in [1.82, 2.24) is 10.2 Å². The minimum absolute atomic E-state index is 0.260. The quantitative estimate of drug-likeness (QED) is 0.889. The minimum atomic E-state index is 0.260. The Morgan fingerprint density at radius 3 is 2.63 bits per heavy atom. The largest absolute Gasteiger partial charge is 0.312 e. The van der Waals surface area contributed by atoms with Crippen molar-refractivity contribution in [2.24, 2.45) is 5.92 Å². The molecule has 1 aromatic heterocycles. The second kappa shape index (κ2) is 6.87. The maximum atomic E-state index is 3.64. The van der Waals surface area contributed by atoms with E-state index in [1.54, 1.807) is 0 Å². The first-order valence-corrected chi connectivity index (χ1v) is 8.46. The fraction of sp³-hybridized carbons (Fsp3) is 0.750. The standard InChI is InChI=1S/C16H28N2S/c1-16(2,3)17-12-14-4-8-18(9-5-14)10-6-15-7-11-19-13-15/h7,11,13-14,17H,4-6,8-10,12H2,1-3H3. The summed E-state index contributed by atoms with van der Waals surface area (Å²) in [5.74, 6) is 0.872. The van der Waals surface area contributed by atoms with Crippen LogP contribution in [0.5, 0.6) is 0 Å². The van der Waals surface area contributed by atoms with Crippen LogP contribution in [-0.2, 0) is 6.42 Å². The van der Waals surface area contributed by atoms with E-state index in [0.717, 1.165) is 5.92 Å². The van der Waals surface area contributed by atoms with Gasteiger partial charge in [0.15, 0.2) is 0 Å². The molecule has 2 heterocycles. The van der Waals surface area contributed by atoms with Gasteiger partial charge in [0.2, 0.25) is 0 Å². The highest BCUT2D eigenvalue weighted by Gasteiger charge is 2.20. The number of piperidine rings is 1. The summed E-state index contributed by atoms with van der Waals surface area (Å²) in [5.41, 5.74) is 1.76. The van der Waals surface area contributed by atoms with Gasteiger partial charge in [-0.25, -0.2) is 0 Å². The van der Waals surface area contributed by atoms with E-state index in [0.29, 0.717) is 0 Å². The molecule has 0 bridgehead atoms. The molecule has 1 N–H and O–H groups in total. The van der Waals surface area contributed by atoms with Crippen LogP contribution in [0.1, 0.15) is 39.2 Å². The fourth-order valence-electron chi connectivity index (χ4n) is 2.59. The third kappa shape index (κ3) is 5.64. The van der Waals surface area contributed by atoms with Gasteiger partial charge >= 0.3 is 0 Å². The highest BCUT2D eigenvalue weighted by Crippen LogP contribution is 2.18. The Kier molecular flexibility index (Phi) is 5.43. The first-order chi connectivity index (χ1) is 9.03. The maximum absolute atomic E-state index is 3.64. The third-order valence-corrected chi connectivity index (χ3v) is 4.66. The van der Waals surface area contributed by atoms with Gasteiger partial charge in [0.25, 0.3) is 0 Å². The lowest BCUT2D eigenvalue weighted by molar-refractivity contribution is 0.178. The fourth-order valence-corrected chi connectivity index (χ4v) is 3.29. The van der Waals surface area contributed by atoms with Gasteiger partial charge < -0.3 is 10.2 Å². The van der Waals surface area contributed by atoms with Gasteiger partial charge in [0, 0.05) is 12.1 Å². The van der Waals surface area contributed by atoms with Crippen LogP contribution >= 0.6 is 11.3 Å². The van der Waals surface area contributed by atoms with Crippen LogP contribution in [0.2, 0.25) is 0 Å². The minimum Gasteiger partial charge on any atom is -0.312 e. The highest BCUT2D eigenvalue weighted by atomic mass is 32.1. The molecular formula is C16H28N2S. The zero-order valence-electron chi connectivity index (χ0n) is 12.6. The number of nitrogens with zero attached hydrogens (tertiary/aromatic N) is 1. The Morgan fingerprint density at radius 2 is 2.05 bits per heavy atom. The van der Waals surface area contributed by atoms with E-state index in [-0.39, 0.29) is 5.54 Å². The van der Waals surface area contributed by atoms with Crippen molar-refractivity contribution >= 4 is 11.3 Å². The second-order valence-corrected chi connectivity index (χ2v) is 7.58. The molecule has 2 rings (SSSR count). The first kappa shape index (κ1) is 15.0. The van der Waals surface area contributed by atoms with Gasteiger partial charge in [-0.2, -0.15) is 11.3 Å². The van der Waals surface area contributed by atoms with Gasteiger partial charge in [-0.3, -0.25) is 0 Å². The summed E-state index contributed by atoms with van der Waals surface area (Å²) in [6, 6.07) is 2.25. The zero-order chi connectivity index (χ0) is 13.7. The summed E-state index contributed by atoms with van der Waals surface area (Å²) in [6.45, 7) is 11.7. The number of hydrogen-bond donors (Lipinski definition) is 1. The average Bonchev–Trinajstić information content (AvgIpc) is 2.87. The van der Waals surface area contributed by atoms with Crippen molar-refractivity contribution in [3.05, 3.63) is 22.4 Å². The van der Waals surface area contributed by atoms with Crippen molar-refractivity contribution < 1.29 is 0 Å². The van der Waals surface area contributed by atoms with E-state index < -0.39 is 0 Å². The van der Waals surface area contributed by atoms with E-state index in [4.69, 9.17) is 0 Å². The molecule has 1 fully saturated rings. The number of likely N-dealkylation sites (tertiary alicyclic amines) is 1. The van der Waals surface area contributed by atoms with Gasteiger partial charge in [-0.05, 0) is 88.0 Å². The van der Waals surface area contributed by atoms with E-state index in [9.17, 15) is 0 Å². The molecule has 2 nitrogen and oxygen atoms in total. The third-order valence-electron chi connectivity index (χ3n) is 3.93. The molecule has 1 saturated heterocycles. The molecule has 0 aliphatic carbocycles. The lowest BCUT2D eigenvalue weighted by Gasteiger charge is -2.33. The highest BCUT2D eigenvalue weighted by molar-refractivity contribution is 7.07. The SMILES string of the molecule is CC(C)(C)NCC1CCN(CCc2ccsc2)CC1. The lowest BCUT2D eigenvalue weighted by Crippen LogP contribution is -2.43. The molecular weight excluding hydrogens is 252 g/mol. The van der Waals surface area contributed by atoms with Crippen LogP contribution in [0, 0.1) is 5.92 Å². The monoisotopic (exact) mass is 280 g/mol. The summed E-state index contributed by atoms with van der Waals surface area (Å²) in [7, 11) is 0. The predicted octanol–water partition coefficient (Wildman–Crippen LogP) is 3.39. The molecule has 108 valence electrons. The molecule has 3 heteroatoms.